The fraction of sp³-hybridized carbons (Fsp3) is 0.300. The second-order valence-corrected chi connectivity index (χ2v) is 3.93. The lowest BCUT2D eigenvalue weighted by Crippen LogP contribution is -2.30. The Hall–Kier alpha value is -1.10. The molecule has 0 spiro atoms. The number of anilines is 1. The molecule has 15 heavy (non-hydrogen) atoms. The first-order valence-corrected chi connectivity index (χ1v) is 5.31. The van der Waals surface area contributed by atoms with Crippen LogP contribution in [-0.4, -0.2) is 24.5 Å². The summed E-state index contributed by atoms with van der Waals surface area (Å²) in [5.41, 5.74) is 0.563. The summed E-state index contributed by atoms with van der Waals surface area (Å²) in [6.07, 6.45) is 0. The molecule has 1 aromatic rings. The van der Waals surface area contributed by atoms with E-state index in [9.17, 15) is 9.18 Å². The van der Waals surface area contributed by atoms with Gasteiger partial charge in [-0.2, -0.15) is 0 Å². The maximum absolute atomic E-state index is 12.9. The van der Waals surface area contributed by atoms with Crippen LogP contribution in [0.4, 0.5) is 14.9 Å². The van der Waals surface area contributed by atoms with Crippen molar-refractivity contribution in [3.63, 3.8) is 0 Å². The molecule has 1 aromatic carbocycles. The lowest BCUT2D eigenvalue weighted by Gasteiger charge is -2.15. The third-order valence-corrected chi connectivity index (χ3v) is 2.60. The Labute approximate surface area is 96.4 Å². The van der Waals surface area contributed by atoms with E-state index in [-0.39, 0.29) is 11.8 Å². The van der Waals surface area contributed by atoms with Gasteiger partial charge >= 0.3 is 6.03 Å². The maximum atomic E-state index is 12.9. The standard InChI is InChI=1S/C10H12BrFN2O/c1-3-14(2)10(15)13-7-4-5-9(12)8(11)6-7/h4-6H,3H2,1-2H3,(H,13,15). The second-order valence-electron chi connectivity index (χ2n) is 3.07. The highest BCUT2D eigenvalue weighted by atomic mass is 79.9. The Bertz CT molecular complexity index is 370. The highest BCUT2D eigenvalue weighted by Crippen LogP contribution is 2.20. The number of amides is 2. The first-order chi connectivity index (χ1) is 7.04. The van der Waals surface area contributed by atoms with Gasteiger partial charge in [0.15, 0.2) is 0 Å². The summed E-state index contributed by atoms with van der Waals surface area (Å²) in [4.78, 5) is 13.0. The Morgan fingerprint density at radius 3 is 2.80 bits per heavy atom. The van der Waals surface area contributed by atoms with Crippen LogP contribution >= 0.6 is 15.9 Å². The third kappa shape index (κ3) is 3.20. The number of carbonyl (C=O) groups excluding carboxylic acids is 1. The van der Waals surface area contributed by atoms with Gasteiger partial charge in [0.2, 0.25) is 0 Å². The zero-order valence-corrected chi connectivity index (χ0v) is 10.1. The Morgan fingerprint density at radius 2 is 2.27 bits per heavy atom. The summed E-state index contributed by atoms with van der Waals surface area (Å²) in [5, 5.41) is 2.65. The predicted molar refractivity (Wildman–Crippen MR) is 61.4 cm³/mol. The number of nitrogens with zero attached hydrogens (tertiary/aromatic N) is 1. The summed E-state index contributed by atoms with van der Waals surface area (Å²) < 4.78 is 13.2. The lowest BCUT2D eigenvalue weighted by molar-refractivity contribution is 0.224. The minimum Gasteiger partial charge on any atom is -0.328 e. The number of halogens is 2. The molecule has 0 atom stereocenters. The molecule has 82 valence electrons. The largest absolute Gasteiger partial charge is 0.328 e. The number of urea groups is 1. The number of benzene rings is 1. The van der Waals surface area contributed by atoms with Crippen molar-refractivity contribution in [2.24, 2.45) is 0 Å². The predicted octanol–water partition coefficient (Wildman–Crippen LogP) is 3.07. The summed E-state index contributed by atoms with van der Waals surface area (Å²) in [6.45, 7) is 2.49. The van der Waals surface area contributed by atoms with Crippen molar-refractivity contribution in [3.05, 3.63) is 28.5 Å². The molecule has 5 heteroatoms. The molecule has 2 amide bonds. The summed E-state index contributed by atoms with van der Waals surface area (Å²) >= 11 is 3.05. The maximum Gasteiger partial charge on any atom is 0.321 e. The SMILES string of the molecule is CCN(C)C(=O)Nc1ccc(F)c(Br)c1. The molecule has 3 nitrogen and oxygen atoms in total. The van der Waals surface area contributed by atoms with Crippen LogP contribution in [0.2, 0.25) is 0 Å². The van der Waals surface area contributed by atoms with Crippen molar-refractivity contribution in [2.45, 2.75) is 6.92 Å². The van der Waals surface area contributed by atoms with Crippen LogP contribution in [0.3, 0.4) is 0 Å². The number of carbonyl (C=O) groups is 1. The zero-order chi connectivity index (χ0) is 11.4. The molecule has 0 aliphatic carbocycles. The van der Waals surface area contributed by atoms with Gasteiger partial charge in [-0.1, -0.05) is 0 Å². The average molecular weight is 275 g/mol. The topological polar surface area (TPSA) is 32.3 Å². The van der Waals surface area contributed by atoms with Crippen molar-refractivity contribution < 1.29 is 9.18 Å². The molecule has 0 heterocycles. The molecular formula is C10H12BrFN2O. The molecule has 0 unspecified atom stereocenters. The highest BCUT2D eigenvalue weighted by molar-refractivity contribution is 9.10. The fourth-order valence-electron chi connectivity index (χ4n) is 0.936. The number of hydrogen-bond acceptors (Lipinski definition) is 1. The number of rotatable bonds is 2. The van der Waals surface area contributed by atoms with Gasteiger partial charge in [-0.15, -0.1) is 0 Å². The highest BCUT2D eigenvalue weighted by Gasteiger charge is 2.07. The lowest BCUT2D eigenvalue weighted by atomic mass is 10.3. The molecule has 1 N–H and O–H groups in total. The number of hydrogen-bond donors (Lipinski definition) is 1. The smallest absolute Gasteiger partial charge is 0.321 e. The van der Waals surface area contributed by atoms with Crippen LogP contribution in [0, 0.1) is 5.82 Å². The Balaban J connectivity index is 2.73. The molecule has 0 aromatic heterocycles. The van der Waals surface area contributed by atoms with Crippen LogP contribution in [0.25, 0.3) is 0 Å². The minimum atomic E-state index is -0.350. The third-order valence-electron chi connectivity index (χ3n) is 1.99. The van der Waals surface area contributed by atoms with Crippen LogP contribution in [0.5, 0.6) is 0 Å². The minimum absolute atomic E-state index is 0.212. The van der Waals surface area contributed by atoms with Gasteiger partial charge in [0.1, 0.15) is 5.82 Å². The van der Waals surface area contributed by atoms with Gasteiger partial charge < -0.3 is 10.2 Å². The molecule has 0 aliphatic rings. The summed E-state index contributed by atoms with van der Waals surface area (Å²) in [7, 11) is 1.69. The van der Waals surface area contributed by atoms with E-state index < -0.39 is 0 Å². The summed E-state index contributed by atoms with van der Waals surface area (Å²) in [6, 6.07) is 4.13. The van der Waals surface area contributed by atoms with Gasteiger partial charge in [0.25, 0.3) is 0 Å². The van der Waals surface area contributed by atoms with Crippen molar-refractivity contribution in [1.82, 2.24) is 4.90 Å². The quantitative estimate of drug-likeness (QED) is 0.883. The zero-order valence-electron chi connectivity index (χ0n) is 8.55. The van der Waals surface area contributed by atoms with E-state index in [0.29, 0.717) is 16.7 Å². The second kappa shape index (κ2) is 5.11. The molecule has 0 saturated carbocycles. The molecule has 0 saturated heterocycles. The molecule has 0 radical (unpaired) electrons. The Kier molecular flexibility index (Phi) is 4.08. The van der Waals surface area contributed by atoms with E-state index in [2.05, 4.69) is 21.2 Å². The van der Waals surface area contributed by atoms with E-state index in [0.717, 1.165) is 0 Å². The summed E-state index contributed by atoms with van der Waals surface area (Å²) in [5.74, 6) is -0.350. The fourth-order valence-corrected chi connectivity index (χ4v) is 1.32. The van der Waals surface area contributed by atoms with E-state index in [1.807, 2.05) is 6.92 Å². The average Bonchev–Trinajstić information content (AvgIpc) is 2.22. The van der Waals surface area contributed by atoms with Crippen molar-refractivity contribution in [1.29, 1.82) is 0 Å². The first kappa shape index (κ1) is 12.0. The first-order valence-electron chi connectivity index (χ1n) is 4.51. The van der Waals surface area contributed by atoms with Crippen molar-refractivity contribution >= 4 is 27.6 Å². The van der Waals surface area contributed by atoms with E-state index in [1.54, 1.807) is 7.05 Å². The van der Waals surface area contributed by atoms with E-state index >= 15 is 0 Å². The molecular weight excluding hydrogens is 263 g/mol. The van der Waals surface area contributed by atoms with Crippen molar-refractivity contribution in [3.8, 4) is 0 Å². The number of nitrogens with one attached hydrogen (secondary N) is 1. The van der Waals surface area contributed by atoms with Crippen LogP contribution < -0.4 is 5.32 Å². The molecule has 0 fully saturated rings. The van der Waals surface area contributed by atoms with Gasteiger partial charge in [0.05, 0.1) is 4.47 Å². The van der Waals surface area contributed by atoms with Crippen LogP contribution in [0.15, 0.2) is 22.7 Å². The van der Waals surface area contributed by atoms with Gasteiger partial charge in [0, 0.05) is 19.3 Å². The molecule has 1 rings (SSSR count). The van der Waals surface area contributed by atoms with E-state index in [1.165, 1.54) is 23.1 Å². The van der Waals surface area contributed by atoms with E-state index in [4.69, 9.17) is 0 Å². The molecule has 0 bridgehead atoms. The van der Waals surface area contributed by atoms with Crippen LogP contribution in [0.1, 0.15) is 6.92 Å². The van der Waals surface area contributed by atoms with Gasteiger partial charge in [-0.05, 0) is 41.1 Å². The van der Waals surface area contributed by atoms with Crippen molar-refractivity contribution in [2.75, 3.05) is 18.9 Å². The monoisotopic (exact) mass is 274 g/mol. The Morgan fingerprint density at radius 1 is 1.60 bits per heavy atom. The van der Waals surface area contributed by atoms with Gasteiger partial charge in [-0.3, -0.25) is 0 Å². The normalized spacial score (nSPS) is 9.87. The molecule has 0 aliphatic heterocycles. The van der Waals surface area contributed by atoms with Crippen LogP contribution in [-0.2, 0) is 0 Å². The van der Waals surface area contributed by atoms with Gasteiger partial charge in [-0.25, -0.2) is 9.18 Å².